The summed E-state index contributed by atoms with van der Waals surface area (Å²) in [5, 5.41) is 0. The predicted octanol–water partition coefficient (Wildman–Crippen LogP) is 20.2. The van der Waals surface area contributed by atoms with Gasteiger partial charge in [-0.3, -0.25) is 28.8 Å². The number of carbonyl (C=O) groups excluding carboxylic acids is 6. The molecule has 18 heteroatoms. The van der Waals surface area contributed by atoms with E-state index in [1.54, 1.807) is 60.7 Å². The van der Waals surface area contributed by atoms with E-state index in [9.17, 15) is 28.8 Å². The third-order valence-electron chi connectivity index (χ3n) is 22.7. The first-order valence-electron chi connectivity index (χ1n) is 37.2. The van der Waals surface area contributed by atoms with E-state index in [1.165, 1.54) is 13.8 Å². The third kappa shape index (κ3) is 13.0. The molecule has 0 saturated carbocycles. The zero-order chi connectivity index (χ0) is 80.0. The van der Waals surface area contributed by atoms with Crippen LogP contribution >= 0.6 is 0 Å². The molecule has 12 aromatic rings. The average Bonchev–Trinajstić information content (AvgIpc) is 1.14. The van der Waals surface area contributed by atoms with Crippen LogP contribution in [-0.2, 0) is 46.0 Å². The van der Waals surface area contributed by atoms with Crippen molar-refractivity contribution in [2.45, 2.75) is 114 Å². The molecule has 6 heterocycles. The molecule has 18 rings (SSSR count). The molecule has 0 fully saturated rings. The maximum atomic E-state index is 15.5. The Morgan fingerprint density at radius 3 is 0.895 bits per heavy atom. The maximum Gasteiger partial charge on any atom is 0.411 e. The summed E-state index contributed by atoms with van der Waals surface area (Å²) in [4.78, 5) is 76.9. The molecule has 0 amide bonds. The van der Waals surface area contributed by atoms with Crippen molar-refractivity contribution in [3.05, 3.63) is 389 Å². The Labute approximate surface area is 652 Å². The van der Waals surface area contributed by atoms with Crippen LogP contribution in [0, 0.1) is 34.6 Å². The highest BCUT2D eigenvalue weighted by Crippen LogP contribution is 2.61. The van der Waals surface area contributed by atoms with E-state index in [1.807, 2.05) is 159 Å². The Morgan fingerprint density at radius 2 is 0.561 bits per heavy atom. The van der Waals surface area contributed by atoms with Gasteiger partial charge in [0.15, 0.2) is 0 Å². The molecule has 0 saturated heterocycles. The summed E-state index contributed by atoms with van der Waals surface area (Å²) < 4.78 is 126. The Morgan fingerprint density at radius 1 is 0.289 bits per heavy atom. The molecule has 0 N–H and O–H groups in total. The van der Waals surface area contributed by atoms with Gasteiger partial charge in [-0.2, -0.15) is 26.3 Å². The first kappa shape index (κ1) is 75.1. The summed E-state index contributed by atoms with van der Waals surface area (Å²) in [6.07, 6.45) is -11.1. The molecule has 12 nitrogen and oxygen atoms in total. The molecule has 0 spiro atoms. The minimum absolute atomic E-state index is 0.0485. The van der Waals surface area contributed by atoms with E-state index < -0.39 is 81.8 Å². The van der Waals surface area contributed by atoms with Crippen LogP contribution in [0.5, 0.6) is 34.5 Å². The molecule has 0 aliphatic carbocycles. The Kier molecular flexibility index (Phi) is 19.1. The highest BCUT2D eigenvalue weighted by Gasteiger charge is 2.73. The standard InChI is InChI=1S/C34H24F6O4.C33H28O4.C29H20O4/c1-17-14-22(16-23-26(30(41)43-28(17)23)20-10-6-4-7-11-20)32(33(35,36)37,34(38,39)40)24-15-18(2)29-25(19(24)3)27(31(42)44-29)21-12-8-5-9-13-21;1-19-15-23(17-25-27(31(34)36-29(19)25)21-11-7-5-8-12-21)33(3,4)24-16-20(2)30-26(18-24)28(32(35)37-30)22-13-9-6-10-14-22;30-28-26(20-7-3-1-4-8-20)22-16-18(11-13-24(22)32-28)15-19-12-14-25-23(17-19)27(29(31)33-25)21-9-5-2-6-10-21/h4-16,26-27H,1-3H3;5-18,27-28H,1-4H3;1-14,16-17,26-27H,15H2. The van der Waals surface area contributed by atoms with Gasteiger partial charge in [0.2, 0.25) is 5.41 Å². The molecular formula is C96H72F6O12. The molecule has 0 radical (unpaired) electrons. The van der Waals surface area contributed by atoms with E-state index in [2.05, 4.69) is 50.2 Å². The minimum atomic E-state index is -5.91. The lowest BCUT2D eigenvalue weighted by Gasteiger charge is -2.40. The molecular weight excluding hydrogens is 1460 g/mol. The first-order chi connectivity index (χ1) is 54.6. The van der Waals surface area contributed by atoms with Crippen molar-refractivity contribution >= 4 is 35.8 Å². The van der Waals surface area contributed by atoms with Gasteiger partial charge in [0, 0.05) is 38.8 Å². The van der Waals surface area contributed by atoms with Crippen molar-refractivity contribution in [3.8, 4) is 34.5 Å². The molecule has 6 aliphatic rings. The van der Waals surface area contributed by atoms with Gasteiger partial charge in [-0.25, -0.2) is 0 Å². The van der Waals surface area contributed by atoms with Crippen LogP contribution < -0.4 is 28.4 Å². The second-order valence-corrected chi connectivity index (χ2v) is 30.1. The van der Waals surface area contributed by atoms with E-state index in [4.69, 9.17) is 28.4 Å². The summed E-state index contributed by atoms with van der Waals surface area (Å²) in [5.41, 5.74) is 6.48. The molecule has 6 atom stereocenters. The predicted molar refractivity (Wildman–Crippen MR) is 414 cm³/mol. The summed E-state index contributed by atoms with van der Waals surface area (Å²) in [6.45, 7) is 12.1. The van der Waals surface area contributed by atoms with Crippen molar-refractivity contribution < 1.29 is 83.5 Å². The van der Waals surface area contributed by atoms with Crippen molar-refractivity contribution in [1.82, 2.24) is 0 Å². The van der Waals surface area contributed by atoms with Gasteiger partial charge < -0.3 is 28.4 Å². The molecule has 6 unspecified atom stereocenters. The largest absolute Gasteiger partial charge is 0.425 e. The number of alkyl halides is 6. The normalized spacial score (nSPS) is 18.3. The summed E-state index contributed by atoms with van der Waals surface area (Å²) in [7, 11) is 0. The average molecular weight is 1530 g/mol. The van der Waals surface area contributed by atoms with Crippen molar-refractivity contribution in [2.75, 3.05) is 0 Å². The molecule has 0 aromatic heterocycles. The quantitative estimate of drug-likeness (QED) is 0.0649. The summed E-state index contributed by atoms with van der Waals surface area (Å²) in [6, 6.07) is 77.6. The topological polar surface area (TPSA) is 158 Å². The lowest BCUT2D eigenvalue weighted by Crippen LogP contribution is -2.55. The Bertz CT molecular complexity index is 5650. The molecule has 6 aliphatic heterocycles. The van der Waals surface area contributed by atoms with Crippen molar-refractivity contribution in [2.24, 2.45) is 0 Å². The highest BCUT2D eigenvalue weighted by atomic mass is 19.4. The van der Waals surface area contributed by atoms with Gasteiger partial charge in [-0.1, -0.05) is 244 Å². The second-order valence-electron chi connectivity index (χ2n) is 30.1. The van der Waals surface area contributed by atoms with Gasteiger partial charge in [-0.15, -0.1) is 0 Å². The number of rotatable bonds is 12. The summed E-state index contributed by atoms with van der Waals surface area (Å²) >= 11 is 0. The second kappa shape index (κ2) is 29.0. The lowest BCUT2D eigenvalue weighted by atomic mass is 9.68. The van der Waals surface area contributed by atoms with Crippen LogP contribution in [-0.4, -0.2) is 48.2 Å². The van der Waals surface area contributed by atoms with Crippen molar-refractivity contribution in [1.29, 1.82) is 0 Å². The van der Waals surface area contributed by atoms with Crippen LogP contribution in [0.15, 0.2) is 261 Å². The lowest BCUT2D eigenvalue weighted by molar-refractivity contribution is -0.288. The monoisotopic (exact) mass is 1530 g/mol. The first-order valence-corrected chi connectivity index (χ1v) is 37.2. The number of ether oxygens (including phenoxy) is 6. The van der Waals surface area contributed by atoms with E-state index >= 15 is 26.3 Å². The van der Waals surface area contributed by atoms with Crippen LogP contribution in [0.25, 0.3) is 0 Å². The highest BCUT2D eigenvalue weighted by molar-refractivity contribution is 5.95. The van der Waals surface area contributed by atoms with Gasteiger partial charge in [0.25, 0.3) is 0 Å². The minimum Gasteiger partial charge on any atom is -0.425 e. The number of hydrogen-bond acceptors (Lipinski definition) is 12. The molecule has 570 valence electrons. The number of esters is 6. The van der Waals surface area contributed by atoms with Crippen LogP contribution in [0.1, 0.15) is 177 Å². The van der Waals surface area contributed by atoms with Gasteiger partial charge in [0.05, 0.1) is 0 Å². The zero-order valence-electron chi connectivity index (χ0n) is 62.7. The smallest absolute Gasteiger partial charge is 0.411 e. The fourth-order valence-corrected chi connectivity index (χ4v) is 17.1. The number of hydrogen-bond donors (Lipinski definition) is 0. The SMILES string of the molecule is Cc1cc(C(C)(C)c2cc(C)c3c(c2)C(c2ccccc2)C(=O)O3)cc2c1OC(=O)C2c1ccccc1.Cc1cc(C(c2cc(C)c3c(c2C)C(c2ccccc2)C(=O)O3)(C(F)(F)F)C(F)(F)F)cc2c1OC(=O)C2c1ccccc1.O=C1Oc2ccc(Cc3ccc4c(c3)C(c3ccccc3)C(=O)O4)cc2C1c1ccccc1. The number of benzene rings is 12. The van der Waals surface area contributed by atoms with E-state index in [0.717, 1.165) is 103 Å². The fraction of sp³-hybridized carbons (Fsp3) is 0.188. The van der Waals surface area contributed by atoms with Crippen LogP contribution in [0.3, 0.4) is 0 Å². The number of fused-ring (bicyclic) bond motifs is 6. The van der Waals surface area contributed by atoms with Crippen LogP contribution in [0.2, 0.25) is 0 Å². The van der Waals surface area contributed by atoms with Gasteiger partial charge in [-0.05, 0) is 166 Å². The number of aryl methyl sites for hydroxylation is 4. The number of halogens is 6. The van der Waals surface area contributed by atoms with Gasteiger partial charge in [0.1, 0.15) is 70.0 Å². The zero-order valence-corrected chi connectivity index (χ0v) is 62.7. The van der Waals surface area contributed by atoms with Crippen LogP contribution in [0.4, 0.5) is 26.3 Å². The van der Waals surface area contributed by atoms with Crippen molar-refractivity contribution in [3.63, 3.8) is 0 Å². The fourth-order valence-electron chi connectivity index (χ4n) is 17.1. The number of carbonyl (C=O) groups is 6. The maximum absolute atomic E-state index is 15.5. The van der Waals surface area contributed by atoms with E-state index in [0.29, 0.717) is 40.5 Å². The molecule has 114 heavy (non-hydrogen) atoms. The third-order valence-corrected chi connectivity index (χ3v) is 22.7. The molecule has 0 bridgehead atoms. The Hall–Kier alpha value is -13.0. The summed E-state index contributed by atoms with van der Waals surface area (Å²) in [5.74, 6) is -4.29. The van der Waals surface area contributed by atoms with E-state index in [-0.39, 0.29) is 63.2 Å². The van der Waals surface area contributed by atoms with Gasteiger partial charge >= 0.3 is 48.2 Å². The Balaban J connectivity index is 0.000000130. The molecule has 12 aromatic carbocycles.